The van der Waals surface area contributed by atoms with Gasteiger partial charge in [-0.3, -0.25) is 4.98 Å². The van der Waals surface area contributed by atoms with E-state index >= 15 is 4.39 Å². The number of rotatable bonds is 5. The van der Waals surface area contributed by atoms with Crippen LogP contribution < -0.4 is 0 Å². The molecule has 1 nitrogen and oxygen atoms in total. The molecule has 0 aliphatic heterocycles. The number of pyridine rings is 1. The zero-order valence-electron chi connectivity index (χ0n) is 19.8. The van der Waals surface area contributed by atoms with E-state index in [0.29, 0.717) is 17.2 Å². The molecule has 0 aliphatic rings. The predicted molar refractivity (Wildman–Crippen MR) is 139 cm³/mol. The van der Waals surface area contributed by atoms with Crippen LogP contribution in [0.3, 0.4) is 0 Å². The molecule has 4 aromatic carbocycles. The fourth-order valence-electron chi connectivity index (χ4n) is 5.11. The molecule has 1 heterocycles. The second-order valence-corrected chi connectivity index (χ2v) is 10.1. The van der Waals surface area contributed by atoms with Gasteiger partial charge in [0.2, 0.25) is 0 Å². The van der Waals surface area contributed by atoms with Gasteiger partial charge in [-0.05, 0) is 81.6 Å². The molecule has 5 aromatic rings. The largest absolute Gasteiger partial charge is 0.256 e. The molecule has 0 N–H and O–H groups in total. The zero-order chi connectivity index (χ0) is 23.1. The van der Waals surface area contributed by atoms with Crippen molar-refractivity contribution in [1.29, 1.82) is 0 Å². The first-order valence-electron chi connectivity index (χ1n) is 11.9. The van der Waals surface area contributed by atoms with E-state index in [1.807, 2.05) is 36.5 Å². The van der Waals surface area contributed by atoms with Gasteiger partial charge in [-0.2, -0.15) is 0 Å². The third-order valence-corrected chi connectivity index (χ3v) is 6.35. The van der Waals surface area contributed by atoms with Crippen LogP contribution in [0.4, 0.5) is 4.39 Å². The average Bonchev–Trinajstić information content (AvgIpc) is 2.77. The Balaban J connectivity index is 1.76. The Bertz CT molecular complexity index is 1450. The molecule has 2 heteroatoms. The molecule has 0 spiro atoms. The summed E-state index contributed by atoms with van der Waals surface area (Å²) in [6.45, 7) is 9.04. The summed E-state index contributed by atoms with van der Waals surface area (Å²) in [5, 5.41) is 5.74. The second kappa shape index (κ2) is 8.59. The highest BCUT2D eigenvalue weighted by Crippen LogP contribution is 2.36. The van der Waals surface area contributed by atoms with Gasteiger partial charge in [0.1, 0.15) is 5.82 Å². The number of hydrogen-bond donors (Lipinski definition) is 0. The van der Waals surface area contributed by atoms with Crippen LogP contribution in [0.2, 0.25) is 0 Å². The maximum absolute atomic E-state index is 15.0. The molecule has 0 radical (unpaired) electrons. The molecule has 0 atom stereocenters. The predicted octanol–water partition coefficient (Wildman–Crippen LogP) is 8.74. The van der Waals surface area contributed by atoms with E-state index in [9.17, 15) is 0 Å². The highest BCUT2D eigenvalue weighted by atomic mass is 19.1. The summed E-state index contributed by atoms with van der Waals surface area (Å²) in [5.74, 6) is 1.00. The minimum absolute atomic E-state index is 0.179. The Morgan fingerprint density at radius 2 is 1.21 bits per heavy atom. The normalized spacial score (nSPS) is 12.0. The summed E-state index contributed by atoms with van der Waals surface area (Å²) in [7, 11) is 0. The van der Waals surface area contributed by atoms with Crippen LogP contribution in [0, 0.1) is 17.7 Å². The van der Waals surface area contributed by atoms with Crippen LogP contribution in [0.1, 0.15) is 38.8 Å². The van der Waals surface area contributed by atoms with E-state index < -0.39 is 0 Å². The van der Waals surface area contributed by atoms with Crippen molar-refractivity contribution in [2.45, 2.75) is 40.5 Å². The Labute approximate surface area is 195 Å². The fourth-order valence-corrected chi connectivity index (χ4v) is 5.11. The van der Waals surface area contributed by atoms with Crippen molar-refractivity contribution < 1.29 is 4.39 Å². The minimum atomic E-state index is -0.179. The van der Waals surface area contributed by atoms with Gasteiger partial charge in [0, 0.05) is 22.5 Å². The fraction of sp³-hybridized carbons (Fsp3) is 0.258. The monoisotopic (exact) mass is 435 g/mol. The van der Waals surface area contributed by atoms with Crippen LogP contribution in [0.15, 0.2) is 72.9 Å². The summed E-state index contributed by atoms with van der Waals surface area (Å²) >= 11 is 0. The average molecular weight is 436 g/mol. The Hall–Kier alpha value is -3.26. The third-order valence-electron chi connectivity index (χ3n) is 6.35. The van der Waals surface area contributed by atoms with E-state index in [0.717, 1.165) is 51.0 Å². The lowest BCUT2D eigenvalue weighted by Gasteiger charge is -2.15. The van der Waals surface area contributed by atoms with Crippen molar-refractivity contribution in [3.63, 3.8) is 0 Å². The highest BCUT2D eigenvalue weighted by molar-refractivity contribution is 6.19. The first kappa shape index (κ1) is 21.6. The van der Waals surface area contributed by atoms with Gasteiger partial charge in [-0.15, -0.1) is 0 Å². The number of aromatic nitrogens is 1. The highest BCUT2D eigenvalue weighted by Gasteiger charge is 2.14. The van der Waals surface area contributed by atoms with E-state index in [1.54, 1.807) is 6.07 Å². The zero-order valence-corrected chi connectivity index (χ0v) is 19.8. The van der Waals surface area contributed by atoms with Crippen molar-refractivity contribution in [3.05, 3.63) is 89.9 Å². The molecule has 166 valence electrons. The van der Waals surface area contributed by atoms with E-state index in [2.05, 4.69) is 58.0 Å². The van der Waals surface area contributed by atoms with Gasteiger partial charge in [0.25, 0.3) is 0 Å². The number of hydrogen-bond acceptors (Lipinski definition) is 1. The van der Waals surface area contributed by atoms with E-state index in [1.165, 1.54) is 11.1 Å². The Morgan fingerprint density at radius 3 is 1.88 bits per heavy atom. The summed E-state index contributed by atoms with van der Waals surface area (Å²) in [6, 6.07) is 22.6. The van der Waals surface area contributed by atoms with Gasteiger partial charge in [0.05, 0.1) is 5.69 Å². The van der Waals surface area contributed by atoms with Crippen LogP contribution >= 0.6 is 0 Å². The lowest BCUT2D eigenvalue weighted by atomic mass is 9.91. The summed E-state index contributed by atoms with van der Waals surface area (Å²) in [6.07, 6.45) is 3.95. The molecule has 33 heavy (non-hydrogen) atoms. The first-order chi connectivity index (χ1) is 15.9. The van der Waals surface area contributed by atoms with Crippen molar-refractivity contribution in [2.24, 2.45) is 11.8 Å². The van der Waals surface area contributed by atoms with Gasteiger partial charge in [0.15, 0.2) is 0 Å². The third kappa shape index (κ3) is 4.11. The van der Waals surface area contributed by atoms with E-state index in [4.69, 9.17) is 4.98 Å². The minimum Gasteiger partial charge on any atom is -0.256 e. The topological polar surface area (TPSA) is 12.9 Å². The lowest BCUT2D eigenvalue weighted by molar-refractivity contribution is 0.636. The van der Waals surface area contributed by atoms with Crippen LogP contribution in [-0.2, 0) is 12.8 Å². The second-order valence-electron chi connectivity index (χ2n) is 10.1. The Morgan fingerprint density at radius 1 is 0.636 bits per heavy atom. The first-order valence-corrected chi connectivity index (χ1v) is 11.9. The standard InChI is InChI=1S/C31H30FN/c1-19(2)13-21-15-22(14-20(3)4)17-23(16-21)31-28-10-9-25-24-7-5-6-8-27(24)30(32)18-29(25)26(28)11-12-33-31/h5-12,15-20H,13-14H2,1-4H3. The summed E-state index contributed by atoms with van der Waals surface area (Å²) in [4.78, 5) is 4.82. The number of halogens is 1. The molecule has 0 aliphatic carbocycles. The number of benzene rings is 4. The van der Waals surface area contributed by atoms with Crippen LogP contribution in [0.25, 0.3) is 43.6 Å². The smallest absolute Gasteiger partial charge is 0.131 e. The van der Waals surface area contributed by atoms with E-state index in [-0.39, 0.29) is 5.82 Å². The molecule has 0 amide bonds. The van der Waals surface area contributed by atoms with Gasteiger partial charge in [-0.25, -0.2) is 4.39 Å². The van der Waals surface area contributed by atoms with Crippen LogP contribution in [0.5, 0.6) is 0 Å². The molecule has 5 rings (SSSR count). The van der Waals surface area contributed by atoms with Crippen molar-refractivity contribution >= 4 is 32.3 Å². The van der Waals surface area contributed by atoms with Gasteiger partial charge >= 0.3 is 0 Å². The summed E-state index contributed by atoms with van der Waals surface area (Å²) in [5.41, 5.74) is 4.83. The molecule has 0 saturated carbocycles. The number of fused-ring (bicyclic) bond motifs is 5. The molecule has 0 fully saturated rings. The molecule has 0 bridgehead atoms. The van der Waals surface area contributed by atoms with Crippen molar-refractivity contribution in [2.75, 3.05) is 0 Å². The van der Waals surface area contributed by atoms with Crippen molar-refractivity contribution in [3.8, 4) is 11.3 Å². The number of nitrogens with zero attached hydrogens (tertiary/aromatic N) is 1. The van der Waals surface area contributed by atoms with Gasteiger partial charge in [-0.1, -0.05) is 70.2 Å². The van der Waals surface area contributed by atoms with Crippen LogP contribution in [-0.4, -0.2) is 4.98 Å². The molecular formula is C31H30FN. The lowest BCUT2D eigenvalue weighted by Crippen LogP contribution is -2.00. The Kier molecular flexibility index (Phi) is 5.62. The molecule has 0 unspecified atom stereocenters. The van der Waals surface area contributed by atoms with Gasteiger partial charge < -0.3 is 0 Å². The summed E-state index contributed by atoms with van der Waals surface area (Å²) < 4.78 is 15.0. The molecule has 0 saturated heterocycles. The maximum atomic E-state index is 15.0. The SMILES string of the molecule is CC(C)Cc1cc(CC(C)C)cc(-c2nccc3c2ccc2c4ccccc4c(F)cc32)c1. The molecule has 1 aromatic heterocycles. The molecular weight excluding hydrogens is 405 g/mol. The quantitative estimate of drug-likeness (QED) is 0.251. The van der Waals surface area contributed by atoms with Crippen molar-refractivity contribution in [1.82, 2.24) is 4.98 Å². The maximum Gasteiger partial charge on any atom is 0.131 e.